The maximum absolute atomic E-state index is 13.7. The molecule has 0 saturated carbocycles. The molecule has 0 bridgehead atoms. The number of nitrogens with one attached hydrogen (secondary N) is 1. The topological polar surface area (TPSA) is 73.2 Å². The molecule has 2 heterocycles. The average Bonchev–Trinajstić information content (AvgIpc) is 3.29. The Labute approximate surface area is 190 Å². The maximum atomic E-state index is 13.7. The molecule has 0 aliphatic heterocycles. The quantitative estimate of drug-likeness (QED) is 0.422. The van der Waals surface area contributed by atoms with E-state index in [0.717, 1.165) is 46.5 Å². The van der Waals surface area contributed by atoms with E-state index in [1.165, 1.54) is 16.6 Å². The van der Waals surface area contributed by atoms with Crippen LogP contribution in [0.3, 0.4) is 0 Å². The molecule has 1 aliphatic carbocycles. The summed E-state index contributed by atoms with van der Waals surface area (Å²) in [6.07, 6.45) is 3.02. The Morgan fingerprint density at radius 3 is 2.68 bits per heavy atom. The molecule has 1 N–H and O–H groups in total. The highest BCUT2D eigenvalue weighted by atomic mass is 32.2. The summed E-state index contributed by atoms with van der Waals surface area (Å²) in [6.45, 7) is 8.23. The Morgan fingerprint density at radius 2 is 2.00 bits per heavy atom. The molecular weight excluding hydrogens is 430 g/mol. The van der Waals surface area contributed by atoms with E-state index in [-0.39, 0.29) is 22.8 Å². The summed E-state index contributed by atoms with van der Waals surface area (Å²) in [7, 11) is 0. The molecule has 0 radical (unpaired) electrons. The fourth-order valence-corrected chi connectivity index (χ4v) is 6.04. The molecule has 1 aromatic carbocycles. The fourth-order valence-electron chi connectivity index (χ4n) is 3.80. The predicted molar refractivity (Wildman–Crippen MR) is 127 cm³/mol. The minimum Gasteiger partial charge on any atom is -0.494 e. The van der Waals surface area contributed by atoms with Gasteiger partial charge < -0.3 is 10.1 Å². The van der Waals surface area contributed by atoms with Gasteiger partial charge in [-0.3, -0.25) is 14.2 Å². The number of carbonyl (C=O) groups is 1. The number of hydrogen-bond acceptors (Lipinski definition) is 6. The molecule has 1 amide bonds. The van der Waals surface area contributed by atoms with Gasteiger partial charge in [-0.2, -0.15) is 0 Å². The van der Waals surface area contributed by atoms with Gasteiger partial charge in [0.15, 0.2) is 5.16 Å². The monoisotopic (exact) mass is 457 g/mol. The van der Waals surface area contributed by atoms with Crippen LogP contribution < -0.4 is 15.6 Å². The summed E-state index contributed by atoms with van der Waals surface area (Å²) in [5.41, 5.74) is 1.81. The standard InChI is InChI=1S/C23H27N3O3S2/c1-5-29-16-11-9-15(10-12-16)26-22(28)19-17-7-6-8-18(17)31-21(19)25-23(26)30-14(4)20(27)24-13(2)3/h9-14H,5-8H2,1-4H3,(H,24,27). The van der Waals surface area contributed by atoms with Gasteiger partial charge >= 0.3 is 0 Å². The summed E-state index contributed by atoms with van der Waals surface area (Å²) in [5.74, 6) is 0.685. The molecule has 164 valence electrons. The third kappa shape index (κ3) is 4.36. The van der Waals surface area contributed by atoms with Crippen LogP contribution in [0.25, 0.3) is 15.9 Å². The minimum absolute atomic E-state index is 0.0552. The number of amides is 1. The van der Waals surface area contributed by atoms with Crippen LogP contribution in [0.1, 0.15) is 44.6 Å². The van der Waals surface area contributed by atoms with Crippen molar-refractivity contribution in [2.45, 2.75) is 63.4 Å². The molecular formula is C23H27N3O3S2. The van der Waals surface area contributed by atoms with Crippen LogP contribution in [-0.2, 0) is 17.6 Å². The molecule has 0 saturated heterocycles. The Hall–Kier alpha value is -2.32. The summed E-state index contributed by atoms with van der Waals surface area (Å²) in [4.78, 5) is 33.1. The van der Waals surface area contributed by atoms with E-state index in [1.54, 1.807) is 15.9 Å². The van der Waals surface area contributed by atoms with E-state index in [0.29, 0.717) is 11.8 Å². The minimum atomic E-state index is -0.382. The van der Waals surface area contributed by atoms with Crippen molar-refractivity contribution in [3.05, 3.63) is 45.1 Å². The number of carbonyl (C=O) groups excluding carboxylic acids is 1. The van der Waals surface area contributed by atoms with Gasteiger partial charge in [0.05, 0.1) is 22.9 Å². The van der Waals surface area contributed by atoms with E-state index >= 15 is 0 Å². The summed E-state index contributed by atoms with van der Waals surface area (Å²) < 4.78 is 7.20. The van der Waals surface area contributed by atoms with Crippen molar-refractivity contribution < 1.29 is 9.53 Å². The highest BCUT2D eigenvalue weighted by Crippen LogP contribution is 2.36. The van der Waals surface area contributed by atoms with Gasteiger partial charge in [-0.05, 0) is 76.8 Å². The van der Waals surface area contributed by atoms with Crippen molar-refractivity contribution >= 4 is 39.2 Å². The van der Waals surface area contributed by atoms with E-state index in [9.17, 15) is 9.59 Å². The number of thioether (sulfide) groups is 1. The number of benzene rings is 1. The number of aryl methyl sites for hydroxylation is 2. The zero-order valence-electron chi connectivity index (χ0n) is 18.2. The van der Waals surface area contributed by atoms with Crippen molar-refractivity contribution in [2.75, 3.05) is 6.61 Å². The van der Waals surface area contributed by atoms with Crippen LogP contribution in [0, 0.1) is 0 Å². The van der Waals surface area contributed by atoms with Gasteiger partial charge in [-0.1, -0.05) is 11.8 Å². The first kappa shape index (κ1) is 21.9. The molecule has 0 spiro atoms. The number of rotatable bonds is 7. The largest absolute Gasteiger partial charge is 0.494 e. The van der Waals surface area contributed by atoms with E-state index in [2.05, 4.69) is 5.32 Å². The smallest absolute Gasteiger partial charge is 0.267 e. The second-order valence-electron chi connectivity index (χ2n) is 7.92. The number of fused-ring (bicyclic) bond motifs is 3. The molecule has 0 fully saturated rings. The average molecular weight is 458 g/mol. The van der Waals surface area contributed by atoms with Crippen LogP contribution in [0.15, 0.2) is 34.2 Å². The molecule has 31 heavy (non-hydrogen) atoms. The van der Waals surface area contributed by atoms with Gasteiger partial charge in [0.2, 0.25) is 5.91 Å². The van der Waals surface area contributed by atoms with Crippen LogP contribution in [0.4, 0.5) is 0 Å². The molecule has 3 aromatic rings. The lowest BCUT2D eigenvalue weighted by atomic mass is 10.2. The first-order chi connectivity index (χ1) is 14.9. The van der Waals surface area contributed by atoms with Crippen molar-refractivity contribution in [3.8, 4) is 11.4 Å². The number of nitrogens with zero attached hydrogens (tertiary/aromatic N) is 2. The van der Waals surface area contributed by atoms with Crippen molar-refractivity contribution in [3.63, 3.8) is 0 Å². The van der Waals surface area contributed by atoms with Gasteiger partial charge in [0, 0.05) is 10.9 Å². The zero-order chi connectivity index (χ0) is 22.1. The Morgan fingerprint density at radius 1 is 1.26 bits per heavy atom. The highest BCUT2D eigenvalue weighted by Gasteiger charge is 2.26. The van der Waals surface area contributed by atoms with Crippen LogP contribution in [-0.4, -0.2) is 33.4 Å². The molecule has 1 unspecified atom stereocenters. The Balaban J connectivity index is 1.82. The van der Waals surface area contributed by atoms with Crippen LogP contribution in [0.2, 0.25) is 0 Å². The SMILES string of the molecule is CCOc1ccc(-n2c(SC(C)C(=O)NC(C)C)nc3sc4c(c3c2=O)CCC4)cc1. The molecule has 1 atom stereocenters. The third-order valence-corrected chi connectivity index (χ3v) is 7.43. The van der Waals surface area contributed by atoms with Gasteiger partial charge in [0.1, 0.15) is 10.6 Å². The van der Waals surface area contributed by atoms with Crippen molar-refractivity contribution in [1.82, 2.24) is 14.9 Å². The van der Waals surface area contributed by atoms with E-state index in [1.807, 2.05) is 52.0 Å². The highest BCUT2D eigenvalue weighted by molar-refractivity contribution is 8.00. The maximum Gasteiger partial charge on any atom is 0.267 e. The third-order valence-electron chi connectivity index (χ3n) is 5.20. The summed E-state index contributed by atoms with van der Waals surface area (Å²) in [6, 6.07) is 7.51. The van der Waals surface area contributed by atoms with Gasteiger partial charge in [-0.25, -0.2) is 4.98 Å². The Kier molecular flexibility index (Phi) is 6.39. The van der Waals surface area contributed by atoms with E-state index < -0.39 is 0 Å². The number of thiophene rings is 1. The second-order valence-corrected chi connectivity index (χ2v) is 10.3. The van der Waals surface area contributed by atoms with Crippen molar-refractivity contribution in [1.29, 1.82) is 0 Å². The predicted octanol–water partition coefficient (Wildman–Crippen LogP) is 4.34. The summed E-state index contributed by atoms with van der Waals surface area (Å²) in [5, 5.41) is 3.82. The van der Waals surface area contributed by atoms with Crippen molar-refractivity contribution in [2.24, 2.45) is 0 Å². The normalized spacial score (nSPS) is 14.1. The molecule has 1 aliphatic rings. The molecule has 8 heteroatoms. The first-order valence-electron chi connectivity index (χ1n) is 10.7. The summed E-state index contributed by atoms with van der Waals surface area (Å²) >= 11 is 2.93. The molecule has 6 nitrogen and oxygen atoms in total. The first-order valence-corrected chi connectivity index (χ1v) is 12.4. The number of ether oxygens (including phenoxy) is 1. The zero-order valence-corrected chi connectivity index (χ0v) is 19.9. The number of aromatic nitrogens is 2. The van der Waals surface area contributed by atoms with Gasteiger partial charge in [0.25, 0.3) is 5.56 Å². The lowest BCUT2D eigenvalue weighted by molar-refractivity contribution is -0.120. The molecule has 4 rings (SSSR count). The fraction of sp³-hybridized carbons (Fsp3) is 0.435. The lowest BCUT2D eigenvalue weighted by Gasteiger charge is -2.17. The lowest BCUT2D eigenvalue weighted by Crippen LogP contribution is -2.36. The molecule has 2 aromatic heterocycles. The number of hydrogen-bond donors (Lipinski definition) is 1. The van der Waals surface area contributed by atoms with E-state index in [4.69, 9.17) is 9.72 Å². The van der Waals surface area contributed by atoms with Gasteiger partial charge in [-0.15, -0.1) is 11.3 Å². The second kappa shape index (κ2) is 9.04. The van der Waals surface area contributed by atoms with Crippen LogP contribution in [0.5, 0.6) is 5.75 Å². The Bertz CT molecular complexity index is 1170. The van der Waals surface area contributed by atoms with Crippen LogP contribution >= 0.6 is 23.1 Å².